The maximum atomic E-state index is 13.3. The summed E-state index contributed by atoms with van der Waals surface area (Å²) >= 11 is 1.07. The molecule has 2 aromatic rings. The molecular formula is C16H19FN4O2S. The summed E-state index contributed by atoms with van der Waals surface area (Å²) in [7, 11) is 0. The fourth-order valence-electron chi connectivity index (χ4n) is 2.14. The van der Waals surface area contributed by atoms with E-state index < -0.39 is 17.5 Å². The zero-order chi connectivity index (χ0) is 18.0. The van der Waals surface area contributed by atoms with Gasteiger partial charge in [-0.3, -0.25) is 4.79 Å². The van der Waals surface area contributed by atoms with Crippen LogP contribution in [0.2, 0.25) is 0 Å². The first-order valence-corrected chi connectivity index (χ1v) is 7.90. The van der Waals surface area contributed by atoms with Gasteiger partial charge < -0.3 is 27.6 Å². The molecule has 2 rings (SSSR count). The molecule has 0 aliphatic heterocycles. The number of phenols is 1. The number of thiophene rings is 1. The van der Waals surface area contributed by atoms with Crippen LogP contribution in [0.5, 0.6) is 5.75 Å². The zero-order valence-electron chi connectivity index (χ0n) is 13.3. The average molecular weight is 350 g/mol. The molecule has 0 unspecified atom stereocenters. The molecule has 0 aliphatic carbocycles. The zero-order valence-corrected chi connectivity index (χ0v) is 14.1. The summed E-state index contributed by atoms with van der Waals surface area (Å²) in [5.41, 5.74) is 20.4. The molecule has 0 aliphatic rings. The summed E-state index contributed by atoms with van der Waals surface area (Å²) < 4.78 is 13.3. The van der Waals surface area contributed by atoms with E-state index in [1.807, 2.05) is 0 Å². The molecule has 0 atom stereocenters. The lowest BCUT2D eigenvalue weighted by molar-refractivity contribution is 0.0955. The SMILES string of the molecule is C/C(N)=C(\C)c1c(N)sc(C(=O)NCc2ccc(O)c(F)c2)c1N. The molecule has 1 heterocycles. The van der Waals surface area contributed by atoms with Crippen molar-refractivity contribution in [2.45, 2.75) is 20.4 Å². The van der Waals surface area contributed by atoms with Crippen LogP contribution in [-0.4, -0.2) is 11.0 Å². The van der Waals surface area contributed by atoms with Crippen molar-refractivity contribution < 1.29 is 14.3 Å². The van der Waals surface area contributed by atoms with Crippen LogP contribution in [0.3, 0.4) is 0 Å². The Morgan fingerprint density at radius 2 is 2.00 bits per heavy atom. The fourth-order valence-corrected chi connectivity index (χ4v) is 3.10. The van der Waals surface area contributed by atoms with Crippen molar-refractivity contribution in [3.05, 3.63) is 45.7 Å². The first kappa shape index (κ1) is 17.6. The van der Waals surface area contributed by atoms with Crippen LogP contribution in [0.4, 0.5) is 15.1 Å². The molecule has 8 N–H and O–H groups in total. The lowest BCUT2D eigenvalue weighted by atomic mass is 10.1. The number of hydrogen-bond donors (Lipinski definition) is 5. The molecule has 0 saturated carbocycles. The molecule has 128 valence electrons. The molecule has 0 radical (unpaired) electrons. The van der Waals surface area contributed by atoms with Crippen molar-refractivity contribution in [3.63, 3.8) is 0 Å². The van der Waals surface area contributed by atoms with Gasteiger partial charge in [0.05, 0.1) is 10.7 Å². The number of benzene rings is 1. The molecule has 1 aromatic heterocycles. The Kier molecular flexibility index (Phi) is 4.99. The number of carbonyl (C=O) groups is 1. The van der Waals surface area contributed by atoms with Gasteiger partial charge in [0.2, 0.25) is 0 Å². The van der Waals surface area contributed by atoms with Gasteiger partial charge in [-0.1, -0.05) is 6.07 Å². The molecule has 8 heteroatoms. The Balaban J connectivity index is 2.20. The summed E-state index contributed by atoms with van der Waals surface area (Å²) in [6.45, 7) is 3.60. The first-order valence-electron chi connectivity index (χ1n) is 7.09. The Hall–Kier alpha value is -2.74. The number of aromatic hydroxyl groups is 1. The second kappa shape index (κ2) is 6.79. The summed E-state index contributed by atoms with van der Waals surface area (Å²) in [6.07, 6.45) is 0. The number of anilines is 2. The number of hydrogen-bond acceptors (Lipinski definition) is 6. The highest BCUT2D eigenvalue weighted by Gasteiger charge is 2.21. The Bertz CT molecular complexity index is 826. The van der Waals surface area contributed by atoms with Crippen molar-refractivity contribution in [1.82, 2.24) is 5.32 Å². The van der Waals surface area contributed by atoms with E-state index in [-0.39, 0.29) is 17.1 Å². The molecular weight excluding hydrogens is 331 g/mol. The van der Waals surface area contributed by atoms with E-state index in [0.717, 1.165) is 23.0 Å². The number of nitrogens with two attached hydrogens (primary N) is 3. The predicted molar refractivity (Wildman–Crippen MR) is 94.8 cm³/mol. The van der Waals surface area contributed by atoms with Crippen molar-refractivity contribution in [3.8, 4) is 5.75 Å². The van der Waals surface area contributed by atoms with E-state index in [2.05, 4.69) is 5.32 Å². The molecule has 1 aromatic carbocycles. The van der Waals surface area contributed by atoms with E-state index in [9.17, 15) is 9.18 Å². The molecule has 6 nitrogen and oxygen atoms in total. The van der Waals surface area contributed by atoms with E-state index in [4.69, 9.17) is 22.3 Å². The molecule has 0 spiro atoms. The minimum absolute atomic E-state index is 0.0906. The maximum Gasteiger partial charge on any atom is 0.263 e. The second-order valence-electron chi connectivity index (χ2n) is 5.36. The number of amides is 1. The largest absolute Gasteiger partial charge is 0.505 e. The van der Waals surface area contributed by atoms with Crippen LogP contribution in [0.25, 0.3) is 5.57 Å². The van der Waals surface area contributed by atoms with Crippen molar-refractivity contribution in [1.29, 1.82) is 0 Å². The minimum atomic E-state index is -0.747. The van der Waals surface area contributed by atoms with Crippen molar-refractivity contribution in [2.24, 2.45) is 5.73 Å². The van der Waals surface area contributed by atoms with Gasteiger partial charge in [-0.2, -0.15) is 0 Å². The lowest BCUT2D eigenvalue weighted by Crippen LogP contribution is -2.22. The van der Waals surface area contributed by atoms with Crippen LogP contribution in [0.1, 0.15) is 34.6 Å². The van der Waals surface area contributed by atoms with Crippen LogP contribution in [0, 0.1) is 5.82 Å². The number of halogens is 1. The number of nitrogens with one attached hydrogen (secondary N) is 1. The monoisotopic (exact) mass is 350 g/mol. The van der Waals surface area contributed by atoms with E-state index in [1.54, 1.807) is 13.8 Å². The maximum absolute atomic E-state index is 13.3. The summed E-state index contributed by atoms with van der Waals surface area (Å²) in [5, 5.41) is 12.2. The number of carbonyl (C=O) groups excluding carboxylic acids is 1. The first-order chi connectivity index (χ1) is 11.2. The van der Waals surface area contributed by atoms with E-state index in [0.29, 0.717) is 21.8 Å². The second-order valence-corrected chi connectivity index (χ2v) is 6.41. The van der Waals surface area contributed by atoms with Gasteiger partial charge in [0, 0.05) is 17.8 Å². The number of allylic oxidation sites excluding steroid dienone is 2. The van der Waals surface area contributed by atoms with Gasteiger partial charge in [0.1, 0.15) is 4.88 Å². The van der Waals surface area contributed by atoms with Gasteiger partial charge in [0.15, 0.2) is 11.6 Å². The van der Waals surface area contributed by atoms with Gasteiger partial charge in [0.25, 0.3) is 5.91 Å². The molecule has 0 fully saturated rings. The van der Waals surface area contributed by atoms with Crippen LogP contribution in [-0.2, 0) is 6.54 Å². The predicted octanol–water partition coefficient (Wildman–Crippen LogP) is 2.40. The highest BCUT2D eigenvalue weighted by Crippen LogP contribution is 2.38. The summed E-state index contributed by atoms with van der Waals surface area (Å²) in [6, 6.07) is 3.89. The van der Waals surface area contributed by atoms with Gasteiger partial charge in [-0.25, -0.2) is 4.39 Å². The minimum Gasteiger partial charge on any atom is -0.505 e. The lowest BCUT2D eigenvalue weighted by Gasteiger charge is -2.07. The van der Waals surface area contributed by atoms with Crippen molar-refractivity contribution >= 4 is 33.5 Å². The normalized spacial score (nSPS) is 12.0. The Morgan fingerprint density at radius 3 is 2.58 bits per heavy atom. The molecule has 0 bridgehead atoms. The Morgan fingerprint density at radius 1 is 1.33 bits per heavy atom. The molecule has 1 amide bonds. The molecule has 0 saturated heterocycles. The standard InChI is InChI=1S/C16H19FN4O2S/c1-7(8(2)18)12-13(19)14(24-15(12)20)16(23)21-6-9-3-4-11(22)10(17)5-9/h3-5,22H,6,18-20H2,1-2H3,(H,21,23)/b8-7-. The highest BCUT2D eigenvalue weighted by molar-refractivity contribution is 7.18. The number of phenolic OH excluding ortho intramolecular Hbond substituents is 1. The van der Waals surface area contributed by atoms with Gasteiger partial charge in [-0.15, -0.1) is 11.3 Å². The Labute approximate surface area is 142 Å². The third-order valence-electron chi connectivity index (χ3n) is 3.61. The van der Waals surface area contributed by atoms with Gasteiger partial charge >= 0.3 is 0 Å². The number of nitrogen functional groups attached to an aromatic ring is 2. The fraction of sp³-hybridized carbons (Fsp3) is 0.188. The smallest absolute Gasteiger partial charge is 0.263 e. The summed E-state index contributed by atoms with van der Waals surface area (Å²) in [5.74, 6) is -1.60. The third-order valence-corrected chi connectivity index (χ3v) is 4.64. The van der Waals surface area contributed by atoms with Crippen LogP contribution in [0.15, 0.2) is 23.9 Å². The molecule has 24 heavy (non-hydrogen) atoms. The van der Waals surface area contributed by atoms with E-state index in [1.165, 1.54) is 12.1 Å². The summed E-state index contributed by atoms with van der Waals surface area (Å²) in [4.78, 5) is 12.6. The van der Waals surface area contributed by atoms with E-state index >= 15 is 0 Å². The average Bonchev–Trinajstić information content (AvgIpc) is 2.82. The third kappa shape index (κ3) is 3.43. The topological polar surface area (TPSA) is 127 Å². The van der Waals surface area contributed by atoms with Gasteiger partial charge in [-0.05, 0) is 37.1 Å². The quantitative estimate of drug-likeness (QED) is 0.578. The van der Waals surface area contributed by atoms with Crippen molar-refractivity contribution in [2.75, 3.05) is 11.5 Å². The van der Waals surface area contributed by atoms with Crippen LogP contribution >= 0.6 is 11.3 Å². The van der Waals surface area contributed by atoms with Crippen LogP contribution < -0.4 is 22.5 Å². The number of rotatable bonds is 4. The highest BCUT2D eigenvalue weighted by atomic mass is 32.1.